The first-order chi connectivity index (χ1) is 12.4. The van der Waals surface area contributed by atoms with Crippen LogP contribution in [-0.4, -0.2) is 50.7 Å². The van der Waals surface area contributed by atoms with E-state index in [2.05, 4.69) is 15.5 Å². The molecule has 1 unspecified atom stereocenters. The fourth-order valence-electron chi connectivity index (χ4n) is 3.16. The largest absolute Gasteiger partial charge is 0.497 e. The van der Waals surface area contributed by atoms with Gasteiger partial charge in [0.25, 0.3) is 0 Å². The van der Waals surface area contributed by atoms with Crippen LogP contribution in [0.5, 0.6) is 11.5 Å². The molecule has 0 saturated carbocycles. The number of carbonyl (C=O) groups is 2. The Labute approximate surface area is 155 Å². The van der Waals surface area contributed by atoms with Gasteiger partial charge < -0.3 is 14.8 Å². The van der Waals surface area contributed by atoms with Crippen LogP contribution in [0.1, 0.15) is 38.3 Å². The molecular formula is C19H29N3O4. The van der Waals surface area contributed by atoms with Gasteiger partial charge in [0, 0.05) is 18.2 Å². The summed E-state index contributed by atoms with van der Waals surface area (Å²) in [5.41, 5.74) is 1.00. The summed E-state index contributed by atoms with van der Waals surface area (Å²) >= 11 is 0. The summed E-state index contributed by atoms with van der Waals surface area (Å²) in [6, 6.07) is 5.30. The lowest BCUT2D eigenvalue weighted by Gasteiger charge is -2.25. The van der Waals surface area contributed by atoms with Crippen LogP contribution in [0.2, 0.25) is 0 Å². The highest BCUT2D eigenvalue weighted by Gasteiger charge is 2.30. The Kier molecular flexibility index (Phi) is 7.26. The number of benzene rings is 1. The topological polar surface area (TPSA) is 79.9 Å². The predicted molar refractivity (Wildman–Crippen MR) is 99.5 cm³/mol. The normalized spacial score (nSPS) is 17.2. The zero-order valence-corrected chi connectivity index (χ0v) is 16.0. The molecule has 0 aromatic heterocycles. The average molecular weight is 363 g/mol. The molecule has 144 valence electrons. The number of rotatable bonds is 7. The van der Waals surface area contributed by atoms with Crippen molar-refractivity contribution >= 4 is 11.9 Å². The molecule has 26 heavy (non-hydrogen) atoms. The molecule has 0 radical (unpaired) electrons. The molecule has 1 fully saturated rings. The fraction of sp³-hybridized carbons (Fsp3) is 0.579. The number of likely N-dealkylation sites (tertiary alicyclic amines) is 1. The van der Waals surface area contributed by atoms with E-state index in [0.717, 1.165) is 36.4 Å². The molecule has 1 aliphatic heterocycles. The van der Waals surface area contributed by atoms with Crippen LogP contribution < -0.4 is 20.1 Å². The minimum Gasteiger partial charge on any atom is -0.497 e. The molecule has 2 N–H and O–H groups in total. The maximum absolute atomic E-state index is 12.2. The predicted octanol–water partition coefficient (Wildman–Crippen LogP) is 2.32. The number of urea groups is 1. The molecule has 1 atom stereocenters. The first kappa shape index (κ1) is 20.0. The second-order valence-electron chi connectivity index (χ2n) is 6.89. The second-order valence-corrected chi connectivity index (χ2v) is 6.89. The van der Waals surface area contributed by atoms with Crippen molar-refractivity contribution in [2.75, 3.05) is 33.9 Å². The average Bonchev–Trinajstić information content (AvgIpc) is 3.07. The van der Waals surface area contributed by atoms with Gasteiger partial charge in [-0.2, -0.15) is 0 Å². The number of methoxy groups -OCH3 is 2. The molecule has 7 nitrogen and oxygen atoms in total. The molecule has 2 rings (SSSR count). The standard InChI is InChI=1S/C19H29N3O4/c1-13(2)11-20-19(24)21-18(23)12-22-9-5-6-16(22)15-10-14(25-3)7-8-17(15)26-4/h7-8,10,13,16H,5-6,9,11-12H2,1-4H3,(H2,20,21,23,24). The molecule has 1 aromatic carbocycles. The highest BCUT2D eigenvalue weighted by atomic mass is 16.5. The third kappa shape index (κ3) is 5.36. The molecule has 1 aromatic rings. The molecular weight excluding hydrogens is 334 g/mol. The van der Waals surface area contributed by atoms with Crippen molar-refractivity contribution in [1.29, 1.82) is 0 Å². The van der Waals surface area contributed by atoms with Crippen LogP contribution in [-0.2, 0) is 4.79 Å². The quantitative estimate of drug-likeness (QED) is 0.777. The number of hydrogen-bond acceptors (Lipinski definition) is 5. The van der Waals surface area contributed by atoms with Gasteiger partial charge in [-0.3, -0.25) is 15.0 Å². The van der Waals surface area contributed by atoms with Crippen molar-refractivity contribution in [3.05, 3.63) is 23.8 Å². The van der Waals surface area contributed by atoms with Gasteiger partial charge in [-0.25, -0.2) is 4.79 Å². The number of nitrogens with one attached hydrogen (secondary N) is 2. The molecule has 1 saturated heterocycles. The van der Waals surface area contributed by atoms with Crippen LogP contribution in [0, 0.1) is 5.92 Å². The number of ether oxygens (including phenoxy) is 2. The van der Waals surface area contributed by atoms with Crippen LogP contribution in [0.25, 0.3) is 0 Å². The second kappa shape index (κ2) is 9.43. The number of imide groups is 1. The van der Waals surface area contributed by atoms with Gasteiger partial charge in [-0.05, 0) is 43.5 Å². The van der Waals surface area contributed by atoms with Crippen molar-refractivity contribution in [2.24, 2.45) is 5.92 Å². The Morgan fingerprint density at radius 2 is 2.04 bits per heavy atom. The number of nitrogens with zero attached hydrogens (tertiary/aromatic N) is 1. The van der Waals surface area contributed by atoms with Gasteiger partial charge in [0.1, 0.15) is 11.5 Å². The fourth-order valence-corrected chi connectivity index (χ4v) is 3.16. The Bertz CT molecular complexity index is 633. The summed E-state index contributed by atoms with van der Waals surface area (Å²) in [5, 5.41) is 5.09. The van der Waals surface area contributed by atoms with Crippen molar-refractivity contribution in [3.63, 3.8) is 0 Å². The van der Waals surface area contributed by atoms with Gasteiger partial charge in [0.2, 0.25) is 5.91 Å². The Hall–Kier alpha value is -2.28. The van der Waals surface area contributed by atoms with Crippen LogP contribution >= 0.6 is 0 Å². The SMILES string of the molecule is COc1ccc(OC)c(C2CCCN2CC(=O)NC(=O)NCC(C)C)c1. The first-order valence-electron chi connectivity index (χ1n) is 8.98. The van der Waals surface area contributed by atoms with Gasteiger partial charge >= 0.3 is 6.03 Å². The van der Waals surface area contributed by atoms with E-state index in [1.165, 1.54) is 0 Å². The van der Waals surface area contributed by atoms with Crippen molar-refractivity contribution in [3.8, 4) is 11.5 Å². The number of carbonyl (C=O) groups excluding carboxylic acids is 2. The first-order valence-corrected chi connectivity index (χ1v) is 8.98. The molecule has 0 bridgehead atoms. The molecule has 0 spiro atoms. The number of hydrogen-bond donors (Lipinski definition) is 2. The lowest BCUT2D eigenvalue weighted by Crippen LogP contribution is -2.45. The van der Waals surface area contributed by atoms with E-state index in [1.807, 2.05) is 32.0 Å². The van der Waals surface area contributed by atoms with Gasteiger partial charge in [-0.1, -0.05) is 13.8 Å². The van der Waals surface area contributed by atoms with Crippen molar-refractivity contribution in [2.45, 2.75) is 32.7 Å². The highest BCUT2D eigenvalue weighted by Crippen LogP contribution is 2.38. The third-order valence-electron chi connectivity index (χ3n) is 4.43. The maximum Gasteiger partial charge on any atom is 0.321 e. The smallest absolute Gasteiger partial charge is 0.321 e. The summed E-state index contributed by atoms with van der Waals surface area (Å²) in [4.78, 5) is 26.1. The van der Waals surface area contributed by atoms with Gasteiger partial charge in [0.05, 0.1) is 20.8 Å². The summed E-state index contributed by atoms with van der Waals surface area (Å²) in [6.45, 7) is 5.50. The van der Waals surface area contributed by atoms with Crippen LogP contribution in [0.4, 0.5) is 4.79 Å². The Morgan fingerprint density at radius 3 is 2.69 bits per heavy atom. The minimum absolute atomic E-state index is 0.0597. The van der Waals surface area contributed by atoms with E-state index in [9.17, 15) is 9.59 Å². The van der Waals surface area contributed by atoms with Gasteiger partial charge in [0.15, 0.2) is 0 Å². The van der Waals surface area contributed by atoms with Gasteiger partial charge in [-0.15, -0.1) is 0 Å². The van der Waals surface area contributed by atoms with E-state index in [0.29, 0.717) is 12.5 Å². The monoisotopic (exact) mass is 363 g/mol. The summed E-state index contributed by atoms with van der Waals surface area (Å²) < 4.78 is 10.8. The van der Waals surface area contributed by atoms with E-state index in [-0.39, 0.29) is 18.5 Å². The van der Waals surface area contributed by atoms with Crippen molar-refractivity contribution < 1.29 is 19.1 Å². The lowest BCUT2D eigenvalue weighted by molar-refractivity contribution is -0.121. The van der Waals surface area contributed by atoms with Crippen LogP contribution in [0.3, 0.4) is 0 Å². The summed E-state index contributed by atoms with van der Waals surface area (Å²) in [7, 11) is 3.26. The van der Waals surface area contributed by atoms with E-state index >= 15 is 0 Å². The molecule has 7 heteroatoms. The molecule has 0 aliphatic carbocycles. The maximum atomic E-state index is 12.2. The highest BCUT2D eigenvalue weighted by molar-refractivity contribution is 5.95. The number of amides is 3. The Morgan fingerprint density at radius 1 is 1.27 bits per heavy atom. The van der Waals surface area contributed by atoms with Crippen molar-refractivity contribution in [1.82, 2.24) is 15.5 Å². The third-order valence-corrected chi connectivity index (χ3v) is 4.43. The summed E-state index contributed by atoms with van der Waals surface area (Å²) in [5.74, 6) is 1.56. The minimum atomic E-state index is -0.446. The van der Waals surface area contributed by atoms with E-state index in [1.54, 1.807) is 14.2 Å². The molecule has 1 heterocycles. The van der Waals surface area contributed by atoms with E-state index in [4.69, 9.17) is 9.47 Å². The zero-order valence-electron chi connectivity index (χ0n) is 16.0. The van der Waals surface area contributed by atoms with E-state index < -0.39 is 6.03 Å². The molecule has 1 aliphatic rings. The summed E-state index contributed by atoms with van der Waals surface area (Å²) in [6.07, 6.45) is 1.91. The zero-order chi connectivity index (χ0) is 19.1. The van der Waals surface area contributed by atoms with Crippen LogP contribution in [0.15, 0.2) is 18.2 Å². The Balaban J connectivity index is 2.02. The lowest BCUT2D eigenvalue weighted by atomic mass is 10.0. The molecule has 3 amide bonds.